The van der Waals surface area contributed by atoms with Gasteiger partial charge in [0.1, 0.15) is 23.6 Å². The van der Waals surface area contributed by atoms with Gasteiger partial charge in [-0.3, -0.25) is 4.79 Å². The summed E-state index contributed by atoms with van der Waals surface area (Å²) in [6.45, 7) is 6.00. The van der Waals surface area contributed by atoms with Crippen LogP contribution in [0.3, 0.4) is 0 Å². The van der Waals surface area contributed by atoms with Crippen LogP contribution in [0.2, 0.25) is 0 Å². The standard InChI is InChI=1S/C21H24F2N2O/c1-4-25(5-2)21(26)13-8-15-18(24(3)11-13)9-12-6-7-14-16(22)10-17(23)20(15)19(12)14/h6,8,10,13,18H,4-5,7,9,11H2,1-3H3/p+1/t13-,18-/m1/s1. The van der Waals surface area contributed by atoms with E-state index in [9.17, 15) is 13.6 Å². The van der Waals surface area contributed by atoms with Crippen LogP contribution in [0.5, 0.6) is 0 Å². The van der Waals surface area contributed by atoms with E-state index in [0.717, 1.165) is 29.2 Å². The van der Waals surface area contributed by atoms with E-state index in [4.69, 9.17) is 0 Å². The molecule has 138 valence electrons. The Hall–Kier alpha value is -2.01. The second-order valence-corrected chi connectivity index (χ2v) is 7.55. The quantitative estimate of drug-likeness (QED) is 0.878. The number of carbonyl (C=O) groups excluding carboxylic acids is 1. The number of rotatable bonds is 3. The van der Waals surface area contributed by atoms with Gasteiger partial charge in [0.2, 0.25) is 5.91 Å². The zero-order chi connectivity index (χ0) is 18.6. The molecule has 0 bridgehead atoms. The molecule has 0 spiro atoms. The van der Waals surface area contributed by atoms with Crippen LogP contribution in [0.15, 0.2) is 18.2 Å². The number of carbonyl (C=O) groups is 1. The smallest absolute Gasteiger partial charge is 0.235 e. The summed E-state index contributed by atoms with van der Waals surface area (Å²) in [5.41, 5.74) is 3.81. The van der Waals surface area contributed by atoms with Gasteiger partial charge >= 0.3 is 0 Å². The first-order valence-electron chi connectivity index (χ1n) is 9.49. The van der Waals surface area contributed by atoms with Crippen molar-refractivity contribution in [1.82, 2.24) is 4.90 Å². The molecule has 26 heavy (non-hydrogen) atoms. The predicted octanol–water partition coefficient (Wildman–Crippen LogP) is 2.07. The molecule has 1 N–H and O–H groups in total. The number of quaternary nitrogens is 1. The van der Waals surface area contributed by atoms with Crippen molar-refractivity contribution in [3.63, 3.8) is 0 Å². The Kier molecular flexibility index (Phi) is 4.22. The topological polar surface area (TPSA) is 24.8 Å². The van der Waals surface area contributed by atoms with Crippen molar-refractivity contribution in [2.45, 2.75) is 32.7 Å². The molecule has 0 fully saturated rings. The summed E-state index contributed by atoms with van der Waals surface area (Å²) in [6.07, 6.45) is 5.31. The number of likely N-dealkylation sites (N-methyl/N-ethyl adjacent to an activating group) is 1. The van der Waals surface area contributed by atoms with Crippen molar-refractivity contribution in [3.05, 3.63) is 46.5 Å². The van der Waals surface area contributed by atoms with Crippen LogP contribution in [-0.4, -0.2) is 43.5 Å². The average Bonchev–Trinajstić information content (AvgIpc) is 3.04. The number of hydrogen-bond acceptors (Lipinski definition) is 1. The summed E-state index contributed by atoms with van der Waals surface area (Å²) in [6, 6.07) is 1.14. The van der Waals surface area contributed by atoms with Crippen LogP contribution < -0.4 is 4.90 Å². The van der Waals surface area contributed by atoms with Gasteiger partial charge < -0.3 is 9.80 Å². The molecule has 4 rings (SSSR count). The Morgan fingerprint density at radius 1 is 1.23 bits per heavy atom. The van der Waals surface area contributed by atoms with Gasteiger partial charge in [0.15, 0.2) is 0 Å². The first-order chi connectivity index (χ1) is 12.5. The molecule has 0 saturated heterocycles. The van der Waals surface area contributed by atoms with Gasteiger partial charge in [0.25, 0.3) is 0 Å². The first-order valence-corrected chi connectivity index (χ1v) is 9.49. The van der Waals surface area contributed by atoms with Gasteiger partial charge in [-0.15, -0.1) is 0 Å². The van der Waals surface area contributed by atoms with E-state index in [1.54, 1.807) is 0 Å². The molecular formula is C21H25F2N2O+. The molecule has 3 aliphatic rings. The predicted molar refractivity (Wildman–Crippen MR) is 97.6 cm³/mol. The van der Waals surface area contributed by atoms with Crippen molar-refractivity contribution < 1.29 is 18.5 Å². The molecule has 1 heterocycles. The molecule has 3 atom stereocenters. The molecule has 2 aliphatic carbocycles. The molecule has 0 saturated carbocycles. The molecule has 5 heteroatoms. The Morgan fingerprint density at radius 3 is 2.65 bits per heavy atom. The fourth-order valence-electron chi connectivity index (χ4n) is 4.85. The molecule has 3 nitrogen and oxygen atoms in total. The normalized spacial score (nSPS) is 26.0. The largest absolute Gasteiger partial charge is 0.343 e. The Bertz CT molecular complexity index is 839. The molecule has 1 aromatic rings. The van der Waals surface area contributed by atoms with Crippen LogP contribution in [0.25, 0.3) is 11.1 Å². The van der Waals surface area contributed by atoms with E-state index in [2.05, 4.69) is 7.05 Å². The average molecular weight is 359 g/mol. The van der Waals surface area contributed by atoms with Crippen molar-refractivity contribution in [3.8, 4) is 0 Å². The van der Waals surface area contributed by atoms with Gasteiger partial charge in [-0.05, 0) is 37.0 Å². The zero-order valence-electron chi connectivity index (χ0n) is 15.5. The van der Waals surface area contributed by atoms with Crippen molar-refractivity contribution in [2.75, 3.05) is 26.7 Å². The number of allylic oxidation sites excluding steroid dienone is 1. The van der Waals surface area contributed by atoms with Gasteiger partial charge in [0, 0.05) is 36.7 Å². The number of amides is 1. The molecule has 1 aliphatic heterocycles. The summed E-state index contributed by atoms with van der Waals surface area (Å²) >= 11 is 0. The van der Waals surface area contributed by atoms with Gasteiger partial charge in [0.05, 0.1) is 13.6 Å². The monoisotopic (exact) mass is 359 g/mol. The van der Waals surface area contributed by atoms with Crippen molar-refractivity contribution in [1.29, 1.82) is 0 Å². The van der Waals surface area contributed by atoms with Crippen LogP contribution in [0, 0.1) is 17.6 Å². The second kappa shape index (κ2) is 6.31. The number of benzene rings is 1. The summed E-state index contributed by atoms with van der Waals surface area (Å²) < 4.78 is 29.0. The van der Waals surface area contributed by atoms with E-state index in [0.29, 0.717) is 37.2 Å². The van der Waals surface area contributed by atoms with Gasteiger partial charge in [-0.1, -0.05) is 12.2 Å². The lowest BCUT2D eigenvalue weighted by atomic mass is 9.76. The van der Waals surface area contributed by atoms with Crippen LogP contribution in [-0.2, 0) is 11.2 Å². The Labute approximate surface area is 153 Å². The summed E-state index contributed by atoms with van der Waals surface area (Å²) in [7, 11) is 2.07. The fourth-order valence-corrected chi connectivity index (χ4v) is 4.85. The zero-order valence-corrected chi connectivity index (χ0v) is 15.5. The van der Waals surface area contributed by atoms with Gasteiger partial charge in [-0.25, -0.2) is 8.78 Å². The molecule has 1 aromatic carbocycles. The number of hydrogen-bond donors (Lipinski definition) is 1. The van der Waals surface area contributed by atoms with E-state index < -0.39 is 11.6 Å². The lowest BCUT2D eigenvalue weighted by Crippen LogP contribution is -3.14. The van der Waals surface area contributed by atoms with Crippen LogP contribution in [0.1, 0.15) is 37.0 Å². The highest BCUT2D eigenvalue weighted by Gasteiger charge is 2.43. The number of nitrogens with one attached hydrogen (secondary N) is 1. The van der Waals surface area contributed by atoms with Crippen molar-refractivity contribution >= 4 is 17.1 Å². The minimum atomic E-state index is -0.506. The summed E-state index contributed by atoms with van der Waals surface area (Å²) in [4.78, 5) is 15.9. The van der Waals surface area contributed by atoms with E-state index in [1.165, 1.54) is 4.90 Å². The van der Waals surface area contributed by atoms with Crippen LogP contribution >= 0.6 is 0 Å². The second-order valence-electron chi connectivity index (χ2n) is 7.55. The number of halogens is 2. The highest BCUT2D eigenvalue weighted by atomic mass is 19.1. The maximum absolute atomic E-state index is 14.8. The summed E-state index contributed by atoms with van der Waals surface area (Å²) in [5, 5.41) is 0. The van der Waals surface area contributed by atoms with Gasteiger partial charge in [-0.2, -0.15) is 0 Å². The Balaban J connectivity index is 1.84. The maximum Gasteiger partial charge on any atom is 0.235 e. The fraction of sp³-hybridized carbons (Fsp3) is 0.476. The molecule has 0 aromatic heterocycles. The third-order valence-electron chi connectivity index (χ3n) is 6.20. The molecular weight excluding hydrogens is 334 g/mol. The minimum Gasteiger partial charge on any atom is -0.343 e. The number of nitrogens with zero attached hydrogens (tertiary/aromatic N) is 1. The highest BCUT2D eigenvalue weighted by molar-refractivity contribution is 5.92. The summed E-state index contributed by atoms with van der Waals surface area (Å²) in [5.74, 6) is -1.12. The molecule has 1 unspecified atom stereocenters. The SMILES string of the molecule is CCN(CC)C(=O)[C@@H]1C=C2c3c(F)cc(F)c4c3C(=CC4)C[C@H]2[NH+](C)C1. The lowest BCUT2D eigenvalue weighted by Gasteiger charge is -2.39. The van der Waals surface area contributed by atoms with E-state index >= 15 is 0 Å². The third kappa shape index (κ3) is 2.44. The lowest BCUT2D eigenvalue weighted by molar-refractivity contribution is -0.899. The van der Waals surface area contributed by atoms with E-state index in [-0.39, 0.29) is 17.9 Å². The Morgan fingerprint density at radius 2 is 1.96 bits per heavy atom. The molecule has 1 amide bonds. The third-order valence-corrected chi connectivity index (χ3v) is 6.20. The number of fused-ring (bicyclic) bond motifs is 2. The maximum atomic E-state index is 14.8. The minimum absolute atomic E-state index is 0.0980. The van der Waals surface area contributed by atoms with Crippen molar-refractivity contribution in [2.24, 2.45) is 5.92 Å². The highest BCUT2D eigenvalue weighted by Crippen LogP contribution is 2.45. The van der Waals surface area contributed by atoms with E-state index in [1.807, 2.05) is 30.9 Å². The first kappa shape index (κ1) is 17.4. The van der Waals surface area contributed by atoms with Crippen LogP contribution in [0.4, 0.5) is 8.78 Å². The molecule has 0 radical (unpaired) electrons.